The Hall–Kier alpha value is -1.87. The molecule has 0 radical (unpaired) electrons. The number of likely N-dealkylation sites (N-methyl/N-ethyl adjacent to an activating group) is 1. The number of cyclic esters (lactones) is 1. The van der Waals surface area contributed by atoms with Gasteiger partial charge in [-0.25, -0.2) is 0 Å². The van der Waals surface area contributed by atoms with Gasteiger partial charge in [0.2, 0.25) is 0 Å². The van der Waals surface area contributed by atoms with E-state index in [0.717, 1.165) is 13.0 Å². The van der Waals surface area contributed by atoms with E-state index in [-0.39, 0.29) is 18.1 Å². The SMILES string of the molecule is C[C@H]1C[C@@H](N(C)Cc2ccc3ccccc3c2)C(=O)O1. The highest BCUT2D eigenvalue weighted by Gasteiger charge is 2.34. The monoisotopic (exact) mass is 269 g/mol. The number of carbonyl (C=O) groups excluding carboxylic acids is 1. The maximum atomic E-state index is 11.8. The third kappa shape index (κ3) is 2.54. The molecular weight excluding hydrogens is 250 g/mol. The van der Waals surface area contributed by atoms with E-state index >= 15 is 0 Å². The van der Waals surface area contributed by atoms with Crippen molar-refractivity contribution in [2.75, 3.05) is 7.05 Å². The molecule has 0 amide bonds. The molecule has 1 aliphatic heterocycles. The number of fused-ring (bicyclic) bond motifs is 1. The number of ether oxygens (including phenoxy) is 1. The average Bonchev–Trinajstić information content (AvgIpc) is 2.78. The molecule has 1 saturated heterocycles. The largest absolute Gasteiger partial charge is 0.461 e. The quantitative estimate of drug-likeness (QED) is 0.802. The van der Waals surface area contributed by atoms with Gasteiger partial charge in [-0.3, -0.25) is 9.69 Å². The maximum absolute atomic E-state index is 11.8. The summed E-state index contributed by atoms with van der Waals surface area (Å²) < 4.78 is 5.22. The van der Waals surface area contributed by atoms with Crippen LogP contribution >= 0.6 is 0 Å². The molecule has 0 unspecified atom stereocenters. The van der Waals surface area contributed by atoms with Crippen LogP contribution in [0, 0.1) is 0 Å². The molecule has 0 saturated carbocycles. The van der Waals surface area contributed by atoms with E-state index in [1.165, 1.54) is 16.3 Å². The first-order valence-electron chi connectivity index (χ1n) is 7.02. The summed E-state index contributed by atoms with van der Waals surface area (Å²) in [7, 11) is 1.99. The molecule has 0 aromatic heterocycles. The summed E-state index contributed by atoms with van der Waals surface area (Å²) in [6, 6.07) is 14.7. The molecule has 3 heteroatoms. The van der Waals surface area contributed by atoms with E-state index in [2.05, 4.69) is 35.2 Å². The molecule has 2 atom stereocenters. The number of esters is 1. The molecule has 2 aromatic carbocycles. The van der Waals surface area contributed by atoms with Gasteiger partial charge in [0.25, 0.3) is 0 Å². The van der Waals surface area contributed by atoms with Crippen LogP contribution in [0.1, 0.15) is 18.9 Å². The summed E-state index contributed by atoms with van der Waals surface area (Å²) in [5.41, 5.74) is 1.22. The fraction of sp³-hybridized carbons (Fsp3) is 0.353. The summed E-state index contributed by atoms with van der Waals surface area (Å²) >= 11 is 0. The van der Waals surface area contributed by atoms with Gasteiger partial charge in [0.05, 0.1) is 0 Å². The van der Waals surface area contributed by atoms with E-state index in [4.69, 9.17) is 4.74 Å². The van der Waals surface area contributed by atoms with E-state index < -0.39 is 0 Å². The van der Waals surface area contributed by atoms with Gasteiger partial charge in [-0.2, -0.15) is 0 Å². The fourth-order valence-electron chi connectivity index (χ4n) is 2.83. The molecule has 3 rings (SSSR count). The molecule has 1 heterocycles. The van der Waals surface area contributed by atoms with Gasteiger partial charge in [-0.15, -0.1) is 0 Å². The first kappa shape index (κ1) is 13.1. The zero-order valence-electron chi connectivity index (χ0n) is 11.9. The summed E-state index contributed by atoms with van der Waals surface area (Å²) in [5, 5.41) is 2.48. The number of carbonyl (C=O) groups is 1. The molecule has 0 bridgehead atoms. The Morgan fingerprint density at radius 3 is 2.65 bits per heavy atom. The highest BCUT2D eigenvalue weighted by Crippen LogP contribution is 2.22. The van der Waals surface area contributed by atoms with Crippen LogP contribution in [0.5, 0.6) is 0 Å². The normalized spacial score (nSPS) is 22.4. The average molecular weight is 269 g/mol. The highest BCUT2D eigenvalue weighted by molar-refractivity contribution is 5.83. The van der Waals surface area contributed by atoms with Gasteiger partial charge in [0.1, 0.15) is 12.1 Å². The molecule has 104 valence electrons. The van der Waals surface area contributed by atoms with Crippen molar-refractivity contribution in [3.8, 4) is 0 Å². The smallest absolute Gasteiger partial charge is 0.323 e. The van der Waals surface area contributed by atoms with Gasteiger partial charge in [-0.05, 0) is 36.4 Å². The summed E-state index contributed by atoms with van der Waals surface area (Å²) in [6.45, 7) is 2.71. The third-order valence-corrected chi connectivity index (χ3v) is 3.92. The van der Waals surface area contributed by atoms with Crippen LogP contribution in [0.2, 0.25) is 0 Å². The summed E-state index contributed by atoms with van der Waals surface area (Å²) in [4.78, 5) is 13.8. The van der Waals surface area contributed by atoms with Crippen LogP contribution in [0.15, 0.2) is 42.5 Å². The Bertz CT molecular complexity index is 638. The van der Waals surface area contributed by atoms with Crippen LogP contribution in [0.25, 0.3) is 10.8 Å². The number of hydrogen-bond acceptors (Lipinski definition) is 3. The van der Waals surface area contributed by atoms with Crippen LogP contribution in [-0.2, 0) is 16.1 Å². The van der Waals surface area contributed by atoms with Crippen molar-refractivity contribution < 1.29 is 9.53 Å². The van der Waals surface area contributed by atoms with Gasteiger partial charge >= 0.3 is 5.97 Å². The Kier molecular flexibility index (Phi) is 3.45. The topological polar surface area (TPSA) is 29.5 Å². The molecule has 0 N–H and O–H groups in total. The first-order chi connectivity index (χ1) is 9.63. The number of hydrogen-bond donors (Lipinski definition) is 0. The third-order valence-electron chi connectivity index (χ3n) is 3.92. The zero-order chi connectivity index (χ0) is 14.1. The van der Waals surface area contributed by atoms with Crippen LogP contribution in [0.4, 0.5) is 0 Å². The Morgan fingerprint density at radius 1 is 1.20 bits per heavy atom. The predicted molar refractivity (Wildman–Crippen MR) is 79.4 cm³/mol. The molecule has 1 fully saturated rings. The molecule has 0 aliphatic carbocycles. The standard InChI is InChI=1S/C17H19NO2/c1-12-9-16(17(19)20-12)18(2)11-13-7-8-14-5-3-4-6-15(14)10-13/h3-8,10,12,16H,9,11H2,1-2H3/t12-,16+/m0/s1. The second kappa shape index (κ2) is 5.25. The number of nitrogens with zero attached hydrogens (tertiary/aromatic N) is 1. The lowest BCUT2D eigenvalue weighted by Crippen LogP contribution is -2.34. The minimum absolute atomic E-state index is 0.0338. The molecule has 2 aromatic rings. The maximum Gasteiger partial charge on any atom is 0.323 e. The molecular formula is C17H19NO2. The second-order valence-electron chi connectivity index (χ2n) is 5.60. The molecule has 20 heavy (non-hydrogen) atoms. The van der Waals surface area contributed by atoms with E-state index in [1.54, 1.807) is 0 Å². The molecule has 3 nitrogen and oxygen atoms in total. The lowest BCUT2D eigenvalue weighted by molar-refractivity contribution is -0.144. The van der Waals surface area contributed by atoms with Crippen LogP contribution in [-0.4, -0.2) is 30.1 Å². The van der Waals surface area contributed by atoms with Crippen molar-refractivity contribution in [2.45, 2.75) is 32.0 Å². The molecule has 1 aliphatic rings. The lowest BCUT2D eigenvalue weighted by atomic mass is 10.1. The highest BCUT2D eigenvalue weighted by atomic mass is 16.6. The van der Waals surface area contributed by atoms with Gasteiger partial charge in [0, 0.05) is 13.0 Å². The first-order valence-corrected chi connectivity index (χ1v) is 7.02. The van der Waals surface area contributed by atoms with Crippen molar-refractivity contribution in [1.82, 2.24) is 4.90 Å². The summed E-state index contributed by atoms with van der Waals surface area (Å²) in [5.74, 6) is -0.0965. The minimum Gasteiger partial charge on any atom is -0.461 e. The van der Waals surface area contributed by atoms with Crippen molar-refractivity contribution in [3.63, 3.8) is 0 Å². The van der Waals surface area contributed by atoms with Crippen molar-refractivity contribution in [1.29, 1.82) is 0 Å². The Balaban J connectivity index is 1.77. The van der Waals surface area contributed by atoms with Crippen molar-refractivity contribution >= 4 is 16.7 Å². The summed E-state index contributed by atoms with van der Waals surface area (Å²) in [6.07, 6.45) is 0.815. The van der Waals surface area contributed by atoms with Gasteiger partial charge in [-0.1, -0.05) is 36.4 Å². The van der Waals surface area contributed by atoms with Crippen LogP contribution < -0.4 is 0 Å². The minimum atomic E-state index is -0.114. The molecule has 0 spiro atoms. The predicted octanol–water partition coefficient (Wildman–Crippen LogP) is 2.98. The number of rotatable bonds is 3. The fourth-order valence-corrected chi connectivity index (χ4v) is 2.83. The Labute approximate surface area is 119 Å². The van der Waals surface area contributed by atoms with Gasteiger partial charge < -0.3 is 4.74 Å². The van der Waals surface area contributed by atoms with Crippen molar-refractivity contribution in [3.05, 3.63) is 48.0 Å². The van der Waals surface area contributed by atoms with Crippen LogP contribution in [0.3, 0.4) is 0 Å². The van der Waals surface area contributed by atoms with E-state index in [9.17, 15) is 4.79 Å². The lowest BCUT2D eigenvalue weighted by Gasteiger charge is -2.21. The zero-order valence-corrected chi connectivity index (χ0v) is 11.9. The van der Waals surface area contributed by atoms with E-state index in [0.29, 0.717) is 0 Å². The van der Waals surface area contributed by atoms with Crippen molar-refractivity contribution in [2.24, 2.45) is 0 Å². The number of benzene rings is 2. The Morgan fingerprint density at radius 2 is 1.95 bits per heavy atom. The van der Waals surface area contributed by atoms with Gasteiger partial charge in [0.15, 0.2) is 0 Å². The second-order valence-corrected chi connectivity index (χ2v) is 5.60. The van der Waals surface area contributed by atoms with E-state index in [1.807, 2.05) is 26.1 Å².